The Balaban J connectivity index is 1.78. The Kier molecular flexibility index (Phi) is 4.46. The lowest BCUT2D eigenvalue weighted by Gasteiger charge is -2.39. The molecule has 5 N–H and O–H groups in total. The molecule has 2 amide bonds. The molecule has 0 radical (unpaired) electrons. The lowest BCUT2D eigenvalue weighted by molar-refractivity contribution is -0.0138. The molecule has 0 aromatic carbocycles. The number of pyridine rings is 1. The van der Waals surface area contributed by atoms with E-state index in [0.717, 1.165) is 19.2 Å². The van der Waals surface area contributed by atoms with E-state index < -0.39 is 23.4 Å². The Hall–Kier alpha value is -3.47. The second-order valence-corrected chi connectivity index (χ2v) is 7.21. The lowest BCUT2D eigenvalue weighted by atomic mass is 9.86. The number of aryl methyl sites for hydroxylation is 1. The van der Waals surface area contributed by atoms with Crippen LogP contribution in [0.4, 0.5) is 22.1 Å². The number of aliphatic hydroxyl groups is 1. The number of hydrogen-bond acceptors (Lipinski definition) is 7. The number of amides is 2. The summed E-state index contributed by atoms with van der Waals surface area (Å²) in [6, 6.07) is 2.88. The van der Waals surface area contributed by atoms with Crippen LogP contribution in [0.25, 0.3) is 0 Å². The third-order valence-electron chi connectivity index (χ3n) is 5.34. The van der Waals surface area contributed by atoms with Crippen LogP contribution in [0, 0.1) is 6.92 Å². The molecule has 1 saturated carbocycles. The predicted octanol–water partition coefficient (Wildman–Crippen LogP) is 1.11. The van der Waals surface area contributed by atoms with Gasteiger partial charge in [-0.25, -0.2) is 14.8 Å². The fourth-order valence-electron chi connectivity index (χ4n) is 4.09. The maximum atomic E-state index is 13.3. The Morgan fingerprint density at radius 3 is 2.76 bits per heavy atom. The smallest absolute Gasteiger partial charge is 0.410 e. The van der Waals surface area contributed by atoms with Crippen LogP contribution in [0.5, 0.6) is 0 Å². The summed E-state index contributed by atoms with van der Waals surface area (Å²) in [5.41, 5.74) is -0.683. The molecule has 1 aliphatic heterocycles. The van der Waals surface area contributed by atoms with E-state index in [-0.39, 0.29) is 28.9 Å². The molecule has 11 nitrogen and oxygen atoms in total. The maximum Gasteiger partial charge on any atom is 0.410 e. The van der Waals surface area contributed by atoms with Gasteiger partial charge in [-0.15, -0.1) is 0 Å². The molecule has 4 rings (SSSR count). The number of carbonyl (C=O) groups is 2. The first-order chi connectivity index (χ1) is 13.8. The highest BCUT2D eigenvalue weighted by Gasteiger charge is 2.50. The van der Waals surface area contributed by atoms with E-state index in [9.17, 15) is 19.5 Å². The fraction of sp³-hybridized carbons (Fsp3) is 0.389. The molecule has 1 spiro atoms. The number of hydrogen-bond donors (Lipinski definition) is 5. The number of carboxylic acid groups (broad SMARTS) is 1. The summed E-state index contributed by atoms with van der Waals surface area (Å²) < 4.78 is 1.36. The van der Waals surface area contributed by atoms with Crippen LogP contribution in [-0.4, -0.2) is 42.9 Å². The minimum absolute atomic E-state index is 0.0454. The molecule has 1 aliphatic carbocycles. The van der Waals surface area contributed by atoms with Crippen LogP contribution < -0.4 is 21.5 Å². The number of anilines is 3. The fourth-order valence-corrected chi connectivity index (χ4v) is 4.09. The maximum absolute atomic E-state index is 13.3. The standard InChI is InChI=1S/C18H20N6O5/c1-9-6-10(21-12-7-13(20-8-19-12)22-17(28)29)16(27)24-14(9)15(26)23-18(24)5-3-2-4-11(18)25/h6-8,11,25H,2-5H2,1H3,(H,23,26)(H,28,29)(H2,19,20,21,22). The third-order valence-corrected chi connectivity index (χ3v) is 5.34. The molecule has 2 aliphatic rings. The zero-order chi connectivity index (χ0) is 20.8. The van der Waals surface area contributed by atoms with Gasteiger partial charge in [0.05, 0.1) is 6.10 Å². The minimum atomic E-state index is -1.28. The monoisotopic (exact) mass is 400 g/mol. The van der Waals surface area contributed by atoms with E-state index in [2.05, 4.69) is 25.9 Å². The molecule has 3 heterocycles. The molecular formula is C18H20N6O5. The van der Waals surface area contributed by atoms with Gasteiger partial charge in [-0.05, 0) is 37.8 Å². The molecule has 152 valence electrons. The summed E-state index contributed by atoms with van der Waals surface area (Å²) in [6.45, 7) is 1.71. The molecule has 2 unspecified atom stereocenters. The SMILES string of the molecule is Cc1cc(Nc2cc(NC(=O)O)ncn2)c(=O)n2c1C(=O)NC21CCCCC1O. The van der Waals surface area contributed by atoms with Gasteiger partial charge in [0.15, 0.2) is 0 Å². The van der Waals surface area contributed by atoms with E-state index >= 15 is 0 Å². The highest BCUT2D eigenvalue weighted by Crippen LogP contribution is 2.37. The number of nitrogens with zero attached hydrogens (tertiary/aromatic N) is 3. The summed E-state index contributed by atoms with van der Waals surface area (Å²) in [7, 11) is 0. The Morgan fingerprint density at radius 2 is 2.03 bits per heavy atom. The van der Waals surface area contributed by atoms with Crippen molar-refractivity contribution in [2.24, 2.45) is 0 Å². The second kappa shape index (κ2) is 6.85. The van der Waals surface area contributed by atoms with Gasteiger partial charge in [-0.3, -0.25) is 19.5 Å². The van der Waals surface area contributed by atoms with Crippen LogP contribution >= 0.6 is 0 Å². The number of nitrogens with one attached hydrogen (secondary N) is 3. The summed E-state index contributed by atoms with van der Waals surface area (Å²) >= 11 is 0. The lowest BCUT2D eigenvalue weighted by Crippen LogP contribution is -2.57. The summed E-state index contributed by atoms with van der Waals surface area (Å²) in [6.07, 6.45) is 1.54. The molecule has 1 fully saturated rings. The average molecular weight is 400 g/mol. The Morgan fingerprint density at radius 1 is 1.28 bits per heavy atom. The topological polar surface area (TPSA) is 158 Å². The molecule has 0 saturated heterocycles. The normalized spacial score (nSPS) is 22.8. The molecule has 0 bridgehead atoms. The molecule has 11 heteroatoms. The zero-order valence-electron chi connectivity index (χ0n) is 15.6. The van der Waals surface area contributed by atoms with E-state index in [1.165, 1.54) is 16.7 Å². The third kappa shape index (κ3) is 3.09. The predicted molar refractivity (Wildman–Crippen MR) is 102 cm³/mol. The second-order valence-electron chi connectivity index (χ2n) is 7.21. The van der Waals surface area contributed by atoms with Crippen molar-refractivity contribution in [3.63, 3.8) is 0 Å². The highest BCUT2D eigenvalue weighted by molar-refractivity contribution is 5.97. The van der Waals surface area contributed by atoms with E-state index in [4.69, 9.17) is 5.11 Å². The van der Waals surface area contributed by atoms with Crippen LogP contribution in [0.3, 0.4) is 0 Å². The summed E-state index contributed by atoms with van der Waals surface area (Å²) in [5, 5.41) is 27.3. The number of rotatable bonds is 3. The first-order valence-corrected chi connectivity index (χ1v) is 9.18. The number of fused-ring (bicyclic) bond motifs is 2. The van der Waals surface area contributed by atoms with Crippen molar-refractivity contribution in [2.45, 2.75) is 44.4 Å². The van der Waals surface area contributed by atoms with Crippen LogP contribution in [0.1, 0.15) is 41.7 Å². The van der Waals surface area contributed by atoms with Gasteiger partial charge in [-0.2, -0.15) is 0 Å². The van der Waals surface area contributed by atoms with Crippen molar-refractivity contribution in [3.8, 4) is 0 Å². The molecule has 2 atom stereocenters. The largest absolute Gasteiger partial charge is 0.465 e. The van der Waals surface area contributed by atoms with Crippen molar-refractivity contribution in [1.29, 1.82) is 0 Å². The summed E-state index contributed by atoms with van der Waals surface area (Å²) in [5.74, 6) is -0.137. The van der Waals surface area contributed by atoms with Gasteiger partial charge >= 0.3 is 6.09 Å². The first kappa shape index (κ1) is 18.9. The van der Waals surface area contributed by atoms with Gasteiger partial charge < -0.3 is 20.8 Å². The molecule has 2 aromatic rings. The van der Waals surface area contributed by atoms with Crippen molar-refractivity contribution in [1.82, 2.24) is 19.9 Å². The highest BCUT2D eigenvalue weighted by atomic mass is 16.4. The Labute approximate surface area is 164 Å². The van der Waals surface area contributed by atoms with Crippen molar-refractivity contribution >= 4 is 29.3 Å². The van der Waals surface area contributed by atoms with Gasteiger partial charge in [0.1, 0.15) is 35.0 Å². The van der Waals surface area contributed by atoms with Crippen LogP contribution in [-0.2, 0) is 5.66 Å². The molecular weight excluding hydrogens is 380 g/mol. The first-order valence-electron chi connectivity index (χ1n) is 9.18. The van der Waals surface area contributed by atoms with E-state index in [0.29, 0.717) is 18.4 Å². The number of aromatic nitrogens is 3. The van der Waals surface area contributed by atoms with Crippen molar-refractivity contribution in [3.05, 3.63) is 40.1 Å². The van der Waals surface area contributed by atoms with Gasteiger partial charge in [-0.1, -0.05) is 6.42 Å². The van der Waals surface area contributed by atoms with E-state index in [1.54, 1.807) is 6.92 Å². The minimum Gasteiger partial charge on any atom is -0.465 e. The van der Waals surface area contributed by atoms with Gasteiger partial charge in [0.2, 0.25) is 0 Å². The molecule has 29 heavy (non-hydrogen) atoms. The van der Waals surface area contributed by atoms with Crippen LogP contribution in [0.15, 0.2) is 23.3 Å². The Bertz CT molecular complexity index is 1070. The van der Waals surface area contributed by atoms with Gasteiger partial charge in [0, 0.05) is 6.07 Å². The molecule has 2 aromatic heterocycles. The van der Waals surface area contributed by atoms with Crippen LogP contribution in [0.2, 0.25) is 0 Å². The number of aliphatic hydroxyl groups excluding tert-OH is 1. The zero-order valence-corrected chi connectivity index (χ0v) is 15.6. The average Bonchev–Trinajstić information content (AvgIpc) is 2.95. The number of carbonyl (C=O) groups excluding carboxylic acids is 1. The van der Waals surface area contributed by atoms with Crippen molar-refractivity contribution in [2.75, 3.05) is 10.6 Å². The quantitative estimate of drug-likeness (QED) is 0.512. The van der Waals surface area contributed by atoms with Crippen molar-refractivity contribution < 1.29 is 19.8 Å². The van der Waals surface area contributed by atoms with Gasteiger partial charge in [0.25, 0.3) is 11.5 Å². The van der Waals surface area contributed by atoms with E-state index in [1.807, 2.05) is 0 Å². The summed E-state index contributed by atoms with van der Waals surface area (Å²) in [4.78, 5) is 44.5.